The van der Waals surface area contributed by atoms with E-state index >= 15 is 0 Å². The van der Waals surface area contributed by atoms with Crippen LogP contribution in [0.15, 0.2) is 36.4 Å². The third kappa shape index (κ3) is 2.69. The Morgan fingerprint density at radius 2 is 1.86 bits per heavy atom. The number of benzene rings is 3. The van der Waals surface area contributed by atoms with Gasteiger partial charge in [0.2, 0.25) is 0 Å². The first kappa shape index (κ1) is 20.3. The van der Waals surface area contributed by atoms with E-state index in [2.05, 4.69) is 27.0 Å². The SMILES string of the molecule is CCOC(=O)CCc1ccc2c(c1)[nH]c1c2c2c(c3c4cccc5c4n(c13)CCC5)C(=O)NC2=O. The van der Waals surface area contributed by atoms with E-state index < -0.39 is 0 Å². The third-order valence-corrected chi connectivity index (χ3v) is 7.45. The van der Waals surface area contributed by atoms with E-state index in [1.54, 1.807) is 6.92 Å². The highest BCUT2D eigenvalue weighted by atomic mass is 16.5. The monoisotopic (exact) mass is 465 g/mol. The Labute approximate surface area is 200 Å². The van der Waals surface area contributed by atoms with Crippen LogP contribution in [-0.4, -0.2) is 33.9 Å². The van der Waals surface area contributed by atoms with E-state index in [-0.39, 0.29) is 17.8 Å². The number of amides is 2. The van der Waals surface area contributed by atoms with Crippen LogP contribution in [0.1, 0.15) is 51.6 Å². The lowest BCUT2D eigenvalue weighted by Crippen LogP contribution is -2.20. The summed E-state index contributed by atoms with van der Waals surface area (Å²) in [5.41, 5.74) is 7.12. The van der Waals surface area contributed by atoms with Gasteiger partial charge in [-0.25, -0.2) is 0 Å². The van der Waals surface area contributed by atoms with Crippen molar-refractivity contribution in [1.82, 2.24) is 14.9 Å². The topological polar surface area (TPSA) is 93.2 Å². The summed E-state index contributed by atoms with van der Waals surface area (Å²) in [7, 11) is 0. The maximum atomic E-state index is 13.1. The van der Waals surface area contributed by atoms with Gasteiger partial charge in [0, 0.05) is 40.0 Å². The van der Waals surface area contributed by atoms with Crippen LogP contribution in [0.2, 0.25) is 0 Å². The zero-order chi connectivity index (χ0) is 23.8. The molecule has 3 aromatic carbocycles. The minimum absolute atomic E-state index is 0.214. The van der Waals surface area contributed by atoms with Gasteiger partial charge < -0.3 is 14.3 Å². The molecule has 2 aromatic heterocycles. The second-order valence-corrected chi connectivity index (χ2v) is 9.39. The number of rotatable bonds is 4. The van der Waals surface area contributed by atoms with Crippen molar-refractivity contribution in [2.24, 2.45) is 0 Å². The van der Waals surface area contributed by atoms with Crippen LogP contribution < -0.4 is 5.32 Å². The predicted octanol–water partition coefficient (Wildman–Crippen LogP) is 4.75. The molecule has 0 saturated heterocycles. The summed E-state index contributed by atoms with van der Waals surface area (Å²) in [6.45, 7) is 3.04. The van der Waals surface area contributed by atoms with Gasteiger partial charge in [-0.05, 0) is 43.4 Å². The molecule has 2 N–H and O–H groups in total. The Hall–Kier alpha value is -4.13. The first-order chi connectivity index (χ1) is 17.1. The first-order valence-corrected chi connectivity index (χ1v) is 12.1. The normalized spacial score (nSPS) is 14.9. The fourth-order valence-electron chi connectivity index (χ4n) is 6.10. The van der Waals surface area contributed by atoms with Crippen LogP contribution in [0.25, 0.3) is 43.6 Å². The summed E-state index contributed by atoms with van der Waals surface area (Å²) in [5.74, 6) is -0.897. The molecule has 0 spiro atoms. The number of esters is 1. The summed E-state index contributed by atoms with van der Waals surface area (Å²) in [5, 5.41) is 6.11. The van der Waals surface area contributed by atoms with Crippen LogP contribution in [0, 0.1) is 0 Å². The van der Waals surface area contributed by atoms with E-state index in [9.17, 15) is 14.4 Å². The van der Waals surface area contributed by atoms with Crippen molar-refractivity contribution in [2.75, 3.05) is 6.61 Å². The molecular formula is C28H23N3O4. The molecule has 5 aromatic rings. The number of hydrogen-bond donors (Lipinski definition) is 2. The molecule has 0 saturated carbocycles. The number of imide groups is 1. The van der Waals surface area contributed by atoms with Gasteiger partial charge >= 0.3 is 5.97 Å². The number of aromatic amines is 1. The summed E-state index contributed by atoms with van der Waals surface area (Å²) < 4.78 is 7.38. The number of aromatic nitrogens is 2. The number of fused-ring (bicyclic) bond motifs is 10. The zero-order valence-electron chi connectivity index (χ0n) is 19.3. The van der Waals surface area contributed by atoms with Crippen molar-refractivity contribution in [3.05, 3.63) is 58.7 Å². The highest BCUT2D eigenvalue weighted by Crippen LogP contribution is 2.45. The van der Waals surface area contributed by atoms with Crippen molar-refractivity contribution in [3.63, 3.8) is 0 Å². The predicted molar refractivity (Wildman–Crippen MR) is 134 cm³/mol. The number of nitrogens with one attached hydrogen (secondary N) is 2. The standard InChI is InChI=1S/C28H23N3O4/c1-2-35-19(32)11-9-14-8-10-16-18(13-14)29-24-20(16)22-23(28(34)30-27(22)33)21-17-7-3-5-15-6-4-12-31(25(15)17)26(21)24/h3,5,7-8,10,13,29H,2,4,6,9,11-12H2,1H3,(H,30,33,34). The van der Waals surface area contributed by atoms with E-state index in [0.717, 1.165) is 68.6 Å². The molecule has 0 aliphatic carbocycles. The molecule has 0 bridgehead atoms. The molecule has 0 fully saturated rings. The largest absolute Gasteiger partial charge is 0.466 e. The zero-order valence-corrected chi connectivity index (χ0v) is 19.3. The Balaban J connectivity index is 1.56. The fourth-order valence-corrected chi connectivity index (χ4v) is 6.10. The van der Waals surface area contributed by atoms with Gasteiger partial charge in [-0.3, -0.25) is 19.7 Å². The number of nitrogens with zero attached hydrogens (tertiary/aromatic N) is 1. The molecule has 7 rings (SSSR count). The lowest BCUT2D eigenvalue weighted by atomic mass is 9.96. The maximum absolute atomic E-state index is 13.1. The molecule has 2 aliphatic rings. The molecule has 0 unspecified atom stereocenters. The smallest absolute Gasteiger partial charge is 0.306 e. The molecule has 0 radical (unpaired) electrons. The Bertz CT molecular complexity index is 1770. The van der Waals surface area contributed by atoms with Crippen LogP contribution in [0.3, 0.4) is 0 Å². The summed E-state index contributed by atoms with van der Waals surface area (Å²) in [6, 6.07) is 12.3. The molecule has 174 valence electrons. The minimum atomic E-state index is -0.351. The van der Waals surface area contributed by atoms with E-state index in [1.165, 1.54) is 5.56 Å². The molecular weight excluding hydrogens is 442 g/mol. The quantitative estimate of drug-likeness (QED) is 0.296. The molecule has 0 atom stereocenters. The number of para-hydroxylation sites is 1. The molecule has 7 nitrogen and oxygen atoms in total. The molecule has 2 amide bonds. The second kappa shape index (κ2) is 7.18. The third-order valence-electron chi connectivity index (χ3n) is 7.45. The van der Waals surface area contributed by atoms with Crippen LogP contribution >= 0.6 is 0 Å². The Morgan fingerprint density at radius 1 is 1.03 bits per heavy atom. The van der Waals surface area contributed by atoms with Crippen LogP contribution in [-0.2, 0) is 28.9 Å². The van der Waals surface area contributed by atoms with Crippen molar-refractivity contribution in [2.45, 2.75) is 39.2 Å². The average molecular weight is 466 g/mol. The van der Waals surface area contributed by atoms with E-state index in [4.69, 9.17) is 4.74 Å². The number of aryl methyl sites for hydroxylation is 3. The first-order valence-electron chi connectivity index (χ1n) is 12.1. The van der Waals surface area contributed by atoms with Gasteiger partial charge in [0.05, 0.1) is 34.3 Å². The number of ether oxygens (including phenoxy) is 1. The van der Waals surface area contributed by atoms with Crippen LogP contribution in [0.5, 0.6) is 0 Å². The maximum Gasteiger partial charge on any atom is 0.306 e. The molecule has 4 heterocycles. The number of hydrogen-bond acceptors (Lipinski definition) is 4. The average Bonchev–Trinajstić information content (AvgIpc) is 3.48. The number of H-pyrrole nitrogens is 1. The van der Waals surface area contributed by atoms with Gasteiger partial charge in [-0.15, -0.1) is 0 Å². The van der Waals surface area contributed by atoms with Gasteiger partial charge in [0.15, 0.2) is 0 Å². The number of carbonyl (C=O) groups is 3. The highest BCUT2D eigenvalue weighted by Gasteiger charge is 2.36. The van der Waals surface area contributed by atoms with Crippen LogP contribution in [0.4, 0.5) is 0 Å². The second-order valence-electron chi connectivity index (χ2n) is 9.39. The summed E-state index contributed by atoms with van der Waals surface area (Å²) in [6.07, 6.45) is 2.91. The van der Waals surface area contributed by atoms with Gasteiger partial charge in [0.25, 0.3) is 11.8 Å². The van der Waals surface area contributed by atoms with E-state index in [1.807, 2.05) is 24.3 Å². The van der Waals surface area contributed by atoms with Gasteiger partial charge in [-0.2, -0.15) is 0 Å². The summed E-state index contributed by atoms with van der Waals surface area (Å²) in [4.78, 5) is 41.6. The molecule has 7 heteroatoms. The van der Waals surface area contributed by atoms with Crippen molar-refractivity contribution >= 4 is 61.4 Å². The molecule has 35 heavy (non-hydrogen) atoms. The molecule has 2 aliphatic heterocycles. The van der Waals surface area contributed by atoms with Crippen molar-refractivity contribution < 1.29 is 19.1 Å². The van der Waals surface area contributed by atoms with E-state index in [0.29, 0.717) is 30.6 Å². The lowest BCUT2D eigenvalue weighted by molar-refractivity contribution is -0.143. The Morgan fingerprint density at radius 3 is 2.69 bits per heavy atom. The number of carbonyl (C=O) groups excluding carboxylic acids is 3. The Kier molecular flexibility index (Phi) is 4.16. The van der Waals surface area contributed by atoms with Gasteiger partial charge in [0.1, 0.15) is 0 Å². The summed E-state index contributed by atoms with van der Waals surface area (Å²) >= 11 is 0. The van der Waals surface area contributed by atoms with Crippen molar-refractivity contribution in [3.8, 4) is 0 Å². The van der Waals surface area contributed by atoms with Crippen molar-refractivity contribution in [1.29, 1.82) is 0 Å². The fraction of sp³-hybridized carbons (Fsp3) is 0.250. The van der Waals surface area contributed by atoms with Gasteiger partial charge in [-0.1, -0.05) is 30.3 Å². The minimum Gasteiger partial charge on any atom is -0.466 e. The lowest BCUT2D eigenvalue weighted by Gasteiger charge is -2.16. The highest BCUT2D eigenvalue weighted by molar-refractivity contribution is 6.39.